The predicted octanol–water partition coefficient (Wildman–Crippen LogP) is 3.08. The lowest BCUT2D eigenvalue weighted by atomic mass is 10.1. The van der Waals surface area contributed by atoms with E-state index in [-0.39, 0.29) is 41.2 Å². The fourth-order valence-corrected chi connectivity index (χ4v) is 3.20. The zero-order valence-corrected chi connectivity index (χ0v) is 14.6. The Morgan fingerprint density at radius 1 is 1.19 bits per heavy atom. The Morgan fingerprint density at radius 3 is 2.62 bits per heavy atom. The van der Waals surface area contributed by atoms with Crippen molar-refractivity contribution in [3.63, 3.8) is 0 Å². The molecule has 0 spiro atoms. The monoisotopic (exact) mass is 378 g/mol. The molecule has 3 rings (SSSR count). The van der Waals surface area contributed by atoms with Crippen LogP contribution >= 0.6 is 11.6 Å². The number of benzene rings is 2. The zero-order chi connectivity index (χ0) is 18.7. The van der Waals surface area contributed by atoms with Gasteiger partial charge in [0.05, 0.1) is 12.5 Å². The van der Waals surface area contributed by atoms with Crippen molar-refractivity contribution in [1.29, 1.82) is 0 Å². The van der Waals surface area contributed by atoms with Crippen molar-refractivity contribution in [1.82, 2.24) is 10.2 Å². The van der Waals surface area contributed by atoms with Gasteiger partial charge < -0.3 is 10.2 Å². The minimum Gasteiger partial charge on any atom is -0.351 e. The van der Waals surface area contributed by atoms with Crippen LogP contribution in [0.4, 0.5) is 8.78 Å². The number of carbonyl (C=O) groups is 2. The van der Waals surface area contributed by atoms with Gasteiger partial charge >= 0.3 is 0 Å². The van der Waals surface area contributed by atoms with Gasteiger partial charge in [-0.05, 0) is 29.8 Å². The highest BCUT2D eigenvalue weighted by atomic mass is 35.5. The Bertz CT molecular complexity index is 807. The number of rotatable bonds is 5. The maximum atomic E-state index is 13.8. The number of nitrogens with zero attached hydrogens (tertiary/aromatic N) is 1. The number of carbonyl (C=O) groups excluding carboxylic acids is 2. The molecule has 2 aromatic carbocycles. The Morgan fingerprint density at radius 2 is 1.92 bits per heavy atom. The van der Waals surface area contributed by atoms with Gasteiger partial charge in [-0.2, -0.15) is 0 Å². The molecular weight excluding hydrogens is 362 g/mol. The molecule has 0 saturated carbocycles. The van der Waals surface area contributed by atoms with Crippen LogP contribution < -0.4 is 5.32 Å². The standard InChI is InChI=1S/C19H17ClF2N2O2/c20-16-2-1-3-17(22)15(16)9-18(25)23-14-8-19(26)24(11-14)10-12-4-6-13(21)7-5-12/h1-7,14H,8-11H2,(H,23,25)/t14-/m1/s1. The van der Waals surface area contributed by atoms with E-state index < -0.39 is 11.7 Å². The summed E-state index contributed by atoms with van der Waals surface area (Å²) in [6, 6.07) is 9.82. The van der Waals surface area contributed by atoms with Crippen molar-refractivity contribution in [3.05, 3.63) is 70.2 Å². The first-order valence-corrected chi connectivity index (χ1v) is 8.54. The summed E-state index contributed by atoms with van der Waals surface area (Å²) >= 11 is 5.93. The van der Waals surface area contributed by atoms with Crippen LogP contribution in [-0.4, -0.2) is 29.3 Å². The van der Waals surface area contributed by atoms with Crippen molar-refractivity contribution in [3.8, 4) is 0 Å². The number of likely N-dealkylation sites (tertiary alicyclic amines) is 1. The van der Waals surface area contributed by atoms with Crippen LogP contribution in [0, 0.1) is 11.6 Å². The molecule has 26 heavy (non-hydrogen) atoms. The molecule has 1 fully saturated rings. The lowest BCUT2D eigenvalue weighted by molar-refractivity contribution is -0.128. The summed E-state index contributed by atoms with van der Waals surface area (Å²) in [5, 5.41) is 2.95. The van der Waals surface area contributed by atoms with Gasteiger partial charge in [-0.15, -0.1) is 0 Å². The Hall–Kier alpha value is -2.47. The molecule has 4 nitrogen and oxygen atoms in total. The summed E-state index contributed by atoms with van der Waals surface area (Å²) in [7, 11) is 0. The second kappa shape index (κ2) is 7.83. The van der Waals surface area contributed by atoms with Crippen molar-refractivity contribution >= 4 is 23.4 Å². The molecule has 7 heteroatoms. The van der Waals surface area contributed by atoms with Crippen molar-refractivity contribution < 1.29 is 18.4 Å². The summed E-state index contributed by atoms with van der Waals surface area (Å²) in [5.74, 6) is -1.35. The summed E-state index contributed by atoms with van der Waals surface area (Å²) in [6.45, 7) is 0.706. The normalized spacial score (nSPS) is 16.8. The smallest absolute Gasteiger partial charge is 0.225 e. The second-order valence-electron chi connectivity index (χ2n) is 6.25. The van der Waals surface area contributed by atoms with E-state index in [4.69, 9.17) is 11.6 Å². The third-order valence-corrected chi connectivity index (χ3v) is 4.62. The summed E-state index contributed by atoms with van der Waals surface area (Å²) in [4.78, 5) is 25.9. The lowest BCUT2D eigenvalue weighted by Gasteiger charge is -2.17. The largest absolute Gasteiger partial charge is 0.351 e. The fraction of sp³-hybridized carbons (Fsp3) is 0.263. The molecule has 0 radical (unpaired) electrons. The molecule has 0 bridgehead atoms. The van der Waals surface area contributed by atoms with E-state index >= 15 is 0 Å². The Balaban J connectivity index is 1.57. The van der Waals surface area contributed by atoms with Crippen molar-refractivity contribution in [2.24, 2.45) is 0 Å². The highest BCUT2D eigenvalue weighted by Crippen LogP contribution is 2.20. The second-order valence-corrected chi connectivity index (χ2v) is 6.65. The summed E-state index contributed by atoms with van der Waals surface area (Å²) in [6.07, 6.45) is -0.00784. The number of hydrogen-bond donors (Lipinski definition) is 1. The van der Waals surface area contributed by atoms with E-state index in [1.165, 1.54) is 30.3 Å². The summed E-state index contributed by atoms with van der Waals surface area (Å²) < 4.78 is 26.7. The molecule has 1 aliphatic heterocycles. The van der Waals surface area contributed by atoms with Gasteiger partial charge in [0.25, 0.3) is 0 Å². The van der Waals surface area contributed by atoms with Crippen LogP contribution in [-0.2, 0) is 22.6 Å². The van der Waals surface area contributed by atoms with Gasteiger partial charge in [-0.3, -0.25) is 9.59 Å². The molecule has 1 aliphatic rings. The molecule has 1 saturated heterocycles. The van der Waals surface area contributed by atoms with Crippen LogP contribution in [0.1, 0.15) is 17.5 Å². The zero-order valence-electron chi connectivity index (χ0n) is 13.8. The fourth-order valence-electron chi connectivity index (χ4n) is 2.97. The number of halogens is 3. The molecule has 2 aromatic rings. The van der Waals surface area contributed by atoms with Crippen LogP contribution in [0.5, 0.6) is 0 Å². The van der Waals surface area contributed by atoms with Crippen molar-refractivity contribution in [2.45, 2.75) is 25.4 Å². The van der Waals surface area contributed by atoms with E-state index in [2.05, 4.69) is 5.32 Å². The van der Waals surface area contributed by atoms with Crippen LogP contribution in [0.2, 0.25) is 5.02 Å². The van der Waals surface area contributed by atoms with E-state index in [1.807, 2.05) is 0 Å². The van der Waals surface area contributed by atoms with Crippen molar-refractivity contribution in [2.75, 3.05) is 6.54 Å². The number of nitrogens with one attached hydrogen (secondary N) is 1. The minimum atomic E-state index is -0.534. The molecule has 1 N–H and O–H groups in total. The van der Waals surface area contributed by atoms with Crippen LogP contribution in [0.3, 0.4) is 0 Å². The first-order valence-electron chi connectivity index (χ1n) is 8.17. The molecule has 0 aliphatic carbocycles. The van der Waals surface area contributed by atoms with Gasteiger partial charge in [0.15, 0.2) is 0 Å². The molecule has 0 unspecified atom stereocenters. The van der Waals surface area contributed by atoms with E-state index in [0.717, 1.165) is 5.56 Å². The van der Waals surface area contributed by atoms with E-state index in [9.17, 15) is 18.4 Å². The first kappa shape index (κ1) is 18.3. The maximum Gasteiger partial charge on any atom is 0.225 e. The van der Waals surface area contributed by atoms with Gasteiger partial charge in [0.2, 0.25) is 11.8 Å². The molecule has 2 amide bonds. The molecule has 0 aromatic heterocycles. The van der Waals surface area contributed by atoms with Gasteiger partial charge in [-0.25, -0.2) is 8.78 Å². The number of hydrogen-bond acceptors (Lipinski definition) is 2. The Kier molecular flexibility index (Phi) is 5.52. The molecule has 136 valence electrons. The molecule has 1 atom stereocenters. The highest BCUT2D eigenvalue weighted by molar-refractivity contribution is 6.31. The average molecular weight is 379 g/mol. The SMILES string of the molecule is O=C(Cc1c(F)cccc1Cl)N[C@@H]1CC(=O)N(Cc2ccc(F)cc2)C1. The molecular formula is C19H17ClF2N2O2. The third kappa shape index (κ3) is 4.38. The third-order valence-electron chi connectivity index (χ3n) is 4.27. The predicted molar refractivity (Wildman–Crippen MR) is 93.5 cm³/mol. The first-order chi connectivity index (χ1) is 12.4. The number of amides is 2. The maximum absolute atomic E-state index is 13.8. The average Bonchev–Trinajstić information content (AvgIpc) is 2.92. The quantitative estimate of drug-likeness (QED) is 0.869. The topological polar surface area (TPSA) is 49.4 Å². The minimum absolute atomic E-state index is 0.0939. The van der Waals surface area contributed by atoms with Gasteiger partial charge in [0.1, 0.15) is 11.6 Å². The van der Waals surface area contributed by atoms with E-state index in [0.29, 0.717) is 13.1 Å². The van der Waals surface area contributed by atoms with Gasteiger partial charge in [-0.1, -0.05) is 29.8 Å². The van der Waals surface area contributed by atoms with E-state index in [1.54, 1.807) is 17.0 Å². The van der Waals surface area contributed by atoms with Crippen LogP contribution in [0.25, 0.3) is 0 Å². The van der Waals surface area contributed by atoms with Crippen LogP contribution in [0.15, 0.2) is 42.5 Å². The summed E-state index contributed by atoms with van der Waals surface area (Å²) in [5.41, 5.74) is 0.948. The molecule has 1 heterocycles. The highest BCUT2D eigenvalue weighted by Gasteiger charge is 2.30. The lowest BCUT2D eigenvalue weighted by Crippen LogP contribution is -2.38. The van der Waals surface area contributed by atoms with Gasteiger partial charge in [0, 0.05) is 30.1 Å². The Labute approximate surface area is 154 Å².